The van der Waals surface area contributed by atoms with Crippen LogP contribution in [0.4, 0.5) is 0 Å². The number of nitrogens with zero attached hydrogens (tertiary/aromatic N) is 3. The highest BCUT2D eigenvalue weighted by Crippen LogP contribution is 2.39. The molecule has 0 unspecified atom stereocenters. The first-order chi connectivity index (χ1) is 24.3. The molecule has 0 saturated heterocycles. The van der Waals surface area contributed by atoms with Gasteiger partial charge in [-0.1, -0.05) is 158 Å². The normalized spacial score (nSPS) is 11.3. The van der Waals surface area contributed by atoms with Crippen LogP contribution in [-0.4, -0.2) is 15.0 Å². The quantitative estimate of drug-likeness (QED) is 0.181. The zero-order valence-corrected chi connectivity index (χ0v) is 27.3. The van der Waals surface area contributed by atoms with Gasteiger partial charge in [-0.3, -0.25) is 0 Å². The fraction of sp³-hybridized carbons (Fsp3) is 0. The Morgan fingerprint density at radius 3 is 1.39 bits per heavy atom. The molecule has 7 aromatic carbocycles. The van der Waals surface area contributed by atoms with Gasteiger partial charge in [-0.15, -0.1) is 11.3 Å². The summed E-state index contributed by atoms with van der Waals surface area (Å²) in [4.78, 5) is 15.1. The molecule has 0 spiro atoms. The van der Waals surface area contributed by atoms with Gasteiger partial charge in [0.2, 0.25) is 0 Å². The van der Waals surface area contributed by atoms with Crippen LogP contribution < -0.4 is 0 Å². The Morgan fingerprint density at radius 1 is 0.306 bits per heavy atom. The Labute approximate surface area is 288 Å². The van der Waals surface area contributed by atoms with E-state index in [2.05, 4.69) is 140 Å². The Hall–Kier alpha value is -6.23. The van der Waals surface area contributed by atoms with E-state index in [9.17, 15) is 0 Å². The maximum absolute atomic E-state index is 5.09. The van der Waals surface area contributed by atoms with Crippen molar-refractivity contribution in [2.75, 3.05) is 0 Å². The van der Waals surface area contributed by atoms with Crippen molar-refractivity contribution in [2.24, 2.45) is 0 Å². The highest BCUT2D eigenvalue weighted by molar-refractivity contribution is 7.26. The molecule has 0 N–H and O–H groups in total. The van der Waals surface area contributed by atoms with E-state index < -0.39 is 0 Å². The van der Waals surface area contributed by atoms with Crippen molar-refractivity contribution in [1.82, 2.24) is 15.0 Å². The van der Waals surface area contributed by atoms with Crippen LogP contribution in [0.25, 0.3) is 87.7 Å². The first kappa shape index (κ1) is 29.0. The predicted molar refractivity (Wildman–Crippen MR) is 205 cm³/mol. The second-order valence-corrected chi connectivity index (χ2v) is 13.1. The van der Waals surface area contributed by atoms with E-state index in [1.807, 2.05) is 36.4 Å². The van der Waals surface area contributed by atoms with Gasteiger partial charge in [0.1, 0.15) is 0 Å². The van der Waals surface area contributed by atoms with Crippen molar-refractivity contribution in [3.63, 3.8) is 0 Å². The molecule has 0 saturated carbocycles. The van der Waals surface area contributed by atoms with E-state index in [1.165, 1.54) is 42.4 Å². The lowest BCUT2D eigenvalue weighted by atomic mass is 9.97. The minimum absolute atomic E-state index is 0.653. The van der Waals surface area contributed by atoms with Gasteiger partial charge in [0.05, 0.1) is 0 Å². The average molecular weight is 644 g/mol. The van der Waals surface area contributed by atoms with Crippen molar-refractivity contribution in [1.29, 1.82) is 0 Å². The van der Waals surface area contributed by atoms with E-state index in [4.69, 9.17) is 15.0 Å². The smallest absolute Gasteiger partial charge is 0.165 e. The van der Waals surface area contributed by atoms with E-state index in [0.717, 1.165) is 27.8 Å². The second-order valence-electron chi connectivity index (χ2n) is 12.1. The first-order valence-corrected chi connectivity index (χ1v) is 17.2. The average Bonchev–Trinajstić information content (AvgIpc) is 3.58. The van der Waals surface area contributed by atoms with Gasteiger partial charge in [0, 0.05) is 36.9 Å². The van der Waals surface area contributed by atoms with Crippen LogP contribution in [0, 0.1) is 0 Å². The fourth-order valence-corrected chi connectivity index (χ4v) is 7.65. The molecule has 0 aliphatic carbocycles. The minimum Gasteiger partial charge on any atom is -0.208 e. The molecular weight excluding hydrogens is 615 g/mol. The van der Waals surface area contributed by atoms with Gasteiger partial charge >= 0.3 is 0 Å². The number of thiophene rings is 1. The lowest BCUT2D eigenvalue weighted by molar-refractivity contribution is 1.08. The fourth-order valence-electron chi connectivity index (χ4n) is 6.44. The molecule has 0 fully saturated rings. The third-order valence-corrected chi connectivity index (χ3v) is 10.2. The van der Waals surface area contributed by atoms with Crippen LogP contribution in [0.2, 0.25) is 0 Å². The molecule has 0 radical (unpaired) electrons. The monoisotopic (exact) mass is 643 g/mol. The van der Waals surface area contributed by atoms with Crippen LogP contribution in [0.1, 0.15) is 0 Å². The number of benzene rings is 7. The molecule has 230 valence electrons. The molecule has 2 heterocycles. The highest BCUT2D eigenvalue weighted by Gasteiger charge is 2.16. The van der Waals surface area contributed by atoms with Gasteiger partial charge in [-0.25, -0.2) is 15.0 Å². The number of hydrogen-bond acceptors (Lipinski definition) is 4. The number of rotatable bonds is 6. The SMILES string of the molecule is c1ccc(-c2ccc(-c3cccc(-c4ccc(-c5nc(-c6ccccc6)nc(-c6cccc7c6sc6ccccc67)n5)cc4)c3)cc2)cc1. The molecular formula is C45H29N3S. The van der Waals surface area contributed by atoms with E-state index in [-0.39, 0.29) is 0 Å². The van der Waals surface area contributed by atoms with Crippen molar-refractivity contribution in [3.8, 4) is 67.5 Å². The Balaban J connectivity index is 1.08. The molecule has 0 aliphatic heterocycles. The number of aromatic nitrogens is 3. The lowest BCUT2D eigenvalue weighted by Gasteiger charge is -2.10. The summed E-state index contributed by atoms with van der Waals surface area (Å²) in [5.41, 5.74) is 10.0. The molecule has 49 heavy (non-hydrogen) atoms. The highest BCUT2D eigenvalue weighted by atomic mass is 32.1. The molecule has 9 rings (SSSR count). The Morgan fingerprint density at radius 2 is 0.735 bits per heavy atom. The van der Waals surface area contributed by atoms with Gasteiger partial charge in [0.15, 0.2) is 17.5 Å². The zero-order chi connectivity index (χ0) is 32.6. The summed E-state index contributed by atoms with van der Waals surface area (Å²) in [5.74, 6) is 1.99. The van der Waals surface area contributed by atoms with Crippen molar-refractivity contribution in [3.05, 3.63) is 176 Å². The summed E-state index contributed by atoms with van der Waals surface area (Å²) >= 11 is 1.78. The van der Waals surface area contributed by atoms with Gasteiger partial charge in [-0.05, 0) is 51.6 Å². The number of fused-ring (bicyclic) bond motifs is 3. The van der Waals surface area contributed by atoms with Crippen molar-refractivity contribution >= 4 is 31.5 Å². The van der Waals surface area contributed by atoms with Gasteiger partial charge in [-0.2, -0.15) is 0 Å². The van der Waals surface area contributed by atoms with E-state index in [1.54, 1.807) is 11.3 Å². The molecule has 4 heteroatoms. The Kier molecular flexibility index (Phi) is 7.34. The van der Waals surface area contributed by atoms with Gasteiger partial charge in [0.25, 0.3) is 0 Å². The summed E-state index contributed by atoms with van der Waals surface area (Å²) in [7, 11) is 0. The summed E-state index contributed by atoms with van der Waals surface area (Å²) < 4.78 is 2.44. The van der Waals surface area contributed by atoms with Crippen molar-refractivity contribution < 1.29 is 0 Å². The molecule has 0 bridgehead atoms. The van der Waals surface area contributed by atoms with Crippen LogP contribution >= 0.6 is 11.3 Å². The van der Waals surface area contributed by atoms with Crippen LogP contribution in [0.3, 0.4) is 0 Å². The molecule has 0 amide bonds. The molecule has 9 aromatic rings. The molecule has 0 aliphatic rings. The lowest BCUT2D eigenvalue weighted by Crippen LogP contribution is -2.00. The summed E-state index contributed by atoms with van der Waals surface area (Å²) in [5, 5.41) is 2.48. The largest absolute Gasteiger partial charge is 0.208 e. The third kappa shape index (κ3) is 5.58. The molecule has 3 nitrogen and oxygen atoms in total. The topological polar surface area (TPSA) is 38.7 Å². The molecule has 2 aromatic heterocycles. The number of hydrogen-bond donors (Lipinski definition) is 0. The van der Waals surface area contributed by atoms with Crippen LogP contribution in [0.5, 0.6) is 0 Å². The minimum atomic E-state index is 0.653. The summed E-state index contributed by atoms with van der Waals surface area (Å²) in [6.07, 6.45) is 0. The van der Waals surface area contributed by atoms with Crippen LogP contribution in [-0.2, 0) is 0 Å². The van der Waals surface area contributed by atoms with Crippen molar-refractivity contribution in [2.45, 2.75) is 0 Å². The zero-order valence-electron chi connectivity index (χ0n) is 26.5. The van der Waals surface area contributed by atoms with E-state index >= 15 is 0 Å². The molecule has 0 atom stereocenters. The standard InChI is InChI=1S/C45H29N3S/c1-3-11-30(12-4-1)31-21-23-32(24-22-31)36-15-9-16-37(29-36)33-25-27-35(28-26-33)44-46-43(34-13-5-2-6-14-34)47-45(48-44)40-19-10-18-39-38-17-7-8-20-41(38)49-42(39)40/h1-29H. The second kappa shape index (κ2) is 12.4. The maximum atomic E-state index is 5.09. The predicted octanol–water partition coefficient (Wildman–Crippen LogP) is 12.2. The first-order valence-electron chi connectivity index (χ1n) is 16.4. The van der Waals surface area contributed by atoms with E-state index in [0.29, 0.717) is 17.5 Å². The van der Waals surface area contributed by atoms with Gasteiger partial charge < -0.3 is 0 Å². The maximum Gasteiger partial charge on any atom is 0.165 e. The van der Waals surface area contributed by atoms with Crippen LogP contribution in [0.15, 0.2) is 176 Å². The summed E-state index contributed by atoms with van der Waals surface area (Å²) in [6, 6.07) is 61.7. The third-order valence-electron chi connectivity index (χ3n) is 8.98. The summed E-state index contributed by atoms with van der Waals surface area (Å²) in [6.45, 7) is 0. The Bertz CT molecular complexity index is 2570.